The second-order valence-electron chi connectivity index (χ2n) is 3.90. The van der Waals surface area contributed by atoms with E-state index in [0.29, 0.717) is 11.3 Å². The monoisotopic (exact) mass is 328 g/mol. The van der Waals surface area contributed by atoms with Crippen molar-refractivity contribution in [2.24, 2.45) is 0 Å². The number of hydrogen-bond acceptors (Lipinski definition) is 7. The average Bonchev–Trinajstić information content (AvgIpc) is 2.78. The highest BCUT2D eigenvalue weighted by molar-refractivity contribution is 7.15. The van der Waals surface area contributed by atoms with Crippen LogP contribution in [0.4, 0.5) is 5.69 Å². The predicted octanol–water partition coefficient (Wildman–Crippen LogP) is 3.59. The van der Waals surface area contributed by atoms with E-state index in [4.69, 9.17) is 16.3 Å². The maximum Gasteiger partial charge on any atom is 0.351 e. The summed E-state index contributed by atoms with van der Waals surface area (Å²) in [5.41, 5.74) is 0.447. The van der Waals surface area contributed by atoms with Gasteiger partial charge in [0.1, 0.15) is 5.75 Å². The number of aromatic nitrogens is 1. The Morgan fingerprint density at radius 2 is 2.19 bits per heavy atom. The molecule has 2 rings (SSSR count). The molecule has 1 heterocycles. The number of carbonyl (C=O) groups is 1. The zero-order valence-corrected chi connectivity index (χ0v) is 12.5. The fourth-order valence-electron chi connectivity index (χ4n) is 1.54. The number of benzene rings is 1. The SMILES string of the molecule is COC(=O)c1sc(Oc2ccc([N+](=O)[O-])c(C)c2)nc1Cl. The van der Waals surface area contributed by atoms with E-state index in [1.165, 1.54) is 25.3 Å². The number of nitro benzene ring substituents is 1. The Morgan fingerprint density at radius 1 is 1.48 bits per heavy atom. The number of methoxy groups -OCH3 is 1. The van der Waals surface area contributed by atoms with Crippen molar-refractivity contribution in [3.05, 3.63) is 43.9 Å². The number of hydrogen-bond donors (Lipinski definition) is 0. The van der Waals surface area contributed by atoms with E-state index < -0.39 is 10.9 Å². The second kappa shape index (κ2) is 6.06. The van der Waals surface area contributed by atoms with Gasteiger partial charge < -0.3 is 9.47 Å². The number of esters is 1. The molecule has 7 nitrogen and oxygen atoms in total. The van der Waals surface area contributed by atoms with E-state index in [0.717, 1.165) is 11.3 Å². The number of nitrogens with zero attached hydrogens (tertiary/aromatic N) is 2. The number of ether oxygens (including phenoxy) is 2. The number of aryl methyl sites for hydroxylation is 1. The molecule has 9 heteroatoms. The minimum Gasteiger partial charge on any atom is -0.465 e. The van der Waals surface area contributed by atoms with Gasteiger partial charge in [-0.2, -0.15) is 4.98 Å². The number of nitro groups is 1. The van der Waals surface area contributed by atoms with E-state index in [9.17, 15) is 14.9 Å². The Kier molecular flexibility index (Phi) is 4.39. The molecule has 110 valence electrons. The predicted molar refractivity (Wildman–Crippen MR) is 76.4 cm³/mol. The summed E-state index contributed by atoms with van der Waals surface area (Å²) < 4.78 is 10.0. The Hall–Kier alpha value is -2.19. The summed E-state index contributed by atoms with van der Waals surface area (Å²) in [7, 11) is 1.23. The fraction of sp³-hybridized carbons (Fsp3) is 0.167. The quantitative estimate of drug-likeness (QED) is 0.484. The Balaban J connectivity index is 2.25. The molecule has 0 aliphatic carbocycles. The van der Waals surface area contributed by atoms with Gasteiger partial charge in [0.25, 0.3) is 10.9 Å². The van der Waals surface area contributed by atoms with E-state index >= 15 is 0 Å². The third-order valence-electron chi connectivity index (χ3n) is 2.51. The molecule has 0 saturated heterocycles. The van der Waals surface area contributed by atoms with Crippen molar-refractivity contribution in [1.82, 2.24) is 4.98 Å². The van der Waals surface area contributed by atoms with Crippen LogP contribution < -0.4 is 4.74 Å². The van der Waals surface area contributed by atoms with Gasteiger partial charge in [0, 0.05) is 11.6 Å². The molecule has 0 spiro atoms. The van der Waals surface area contributed by atoms with Crippen LogP contribution in [0.2, 0.25) is 5.15 Å². The van der Waals surface area contributed by atoms with Crippen molar-refractivity contribution < 1.29 is 19.2 Å². The van der Waals surface area contributed by atoms with Crippen LogP contribution in [0.25, 0.3) is 0 Å². The van der Waals surface area contributed by atoms with Crippen LogP contribution in [0.3, 0.4) is 0 Å². The molecule has 2 aromatic rings. The lowest BCUT2D eigenvalue weighted by atomic mass is 10.2. The van der Waals surface area contributed by atoms with Crippen LogP contribution in [0, 0.1) is 17.0 Å². The van der Waals surface area contributed by atoms with E-state index in [-0.39, 0.29) is 20.9 Å². The van der Waals surface area contributed by atoms with Gasteiger partial charge in [-0.1, -0.05) is 22.9 Å². The fourth-order valence-corrected chi connectivity index (χ4v) is 2.61. The third-order valence-corrected chi connectivity index (χ3v) is 3.81. The average molecular weight is 329 g/mol. The topological polar surface area (TPSA) is 91.6 Å². The summed E-state index contributed by atoms with van der Waals surface area (Å²) in [5.74, 6) is -0.243. The summed E-state index contributed by atoms with van der Waals surface area (Å²) in [5, 5.41) is 10.9. The van der Waals surface area contributed by atoms with Crippen LogP contribution in [0.5, 0.6) is 10.9 Å². The lowest BCUT2D eigenvalue weighted by Crippen LogP contribution is -1.98. The Labute approximate surface area is 128 Å². The highest BCUT2D eigenvalue weighted by Gasteiger charge is 2.19. The normalized spacial score (nSPS) is 10.2. The van der Waals surface area contributed by atoms with Gasteiger partial charge in [-0.25, -0.2) is 4.79 Å². The summed E-state index contributed by atoms with van der Waals surface area (Å²) in [6, 6.07) is 4.28. The molecular weight excluding hydrogens is 320 g/mol. The summed E-state index contributed by atoms with van der Waals surface area (Å²) >= 11 is 6.74. The van der Waals surface area contributed by atoms with Crippen LogP contribution in [-0.4, -0.2) is 23.0 Å². The molecule has 0 atom stereocenters. The summed E-state index contributed by atoms with van der Waals surface area (Å²) in [4.78, 5) is 25.7. The van der Waals surface area contributed by atoms with E-state index in [2.05, 4.69) is 9.72 Å². The zero-order valence-electron chi connectivity index (χ0n) is 11.0. The maximum absolute atomic E-state index is 11.4. The third kappa shape index (κ3) is 3.29. The largest absolute Gasteiger partial charge is 0.465 e. The standard InChI is InChI=1S/C12H9ClN2O5S/c1-6-5-7(3-4-8(6)15(17)18)20-12-14-10(13)9(21-12)11(16)19-2/h3-5H,1-2H3. The number of rotatable bonds is 4. The second-order valence-corrected chi connectivity index (χ2v) is 5.22. The van der Waals surface area contributed by atoms with Crippen LogP contribution >= 0.6 is 22.9 Å². The first-order chi connectivity index (χ1) is 9.92. The molecule has 0 radical (unpaired) electrons. The molecule has 0 aliphatic heterocycles. The molecule has 0 saturated carbocycles. The first-order valence-electron chi connectivity index (χ1n) is 5.60. The van der Waals surface area contributed by atoms with Crippen LogP contribution in [0.1, 0.15) is 15.2 Å². The molecule has 0 bridgehead atoms. The van der Waals surface area contributed by atoms with Gasteiger partial charge in [0.15, 0.2) is 10.0 Å². The van der Waals surface area contributed by atoms with Crippen LogP contribution in [-0.2, 0) is 4.74 Å². The molecule has 1 aromatic heterocycles. The van der Waals surface area contributed by atoms with E-state index in [1.54, 1.807) is 6.92 Å². The van der Waals surface area contributed by atoms with Crippen molar-refractivity contribution in [1.29, 1.82) is 0 Å². The summed E-state index contributed by atoms with van der Waals surface area (Å²) in [6.07, 6.45) is 0. The van der Waals surface area contributed by atoms with Crippen molar-refractivity contribution in [3.63, 3.8) is 0 Å². The highest BCUT2D eigenvalue weighted by atomic mass is 35.5. The van der Waals surface area contributed by atoms with Gasteiger partial charge >= 0.3 is 5.97 Å². The first-order valence-corrected chi connectivity index (χ1v) is 6.79. The summed E-state index contributed by atoms with van der Waals surface area (Å²) in [6.45, 7) is 1.60. The van der Waals surface area contributed by atoms with Crippen molar-refractivity contribution in [2.45, 2.75) is 6.92 Å². The van der Waals surface area contributed by atoms with Gasteiger partial charge in [0.2, 0.25) is 0 Å². The molecule has 1 aromatic carbocycles. The lowest BCUT2D eigenvalue weighted by Gasteiger charge is -2.03. The number of halogens is 1. The molecule has 0 N–H and O–H groups in total. The van der Waals surface area contributed by atoms with Crippen molar-refractivity contribution in [3.8, 4) is 10.9 Å². The van der Waals surface area contributed by atoms with Crippen molar-refractivity contribution in [2.75, 3.05) is 7.11 Å². The number of thiazole rings is 1. The maximum atomic E-state index is 11.4. The van der Waals surface area contributed by atoms with Gasteiger partial charge in [-0.15, -0.1) is 0 Å². The minimum absolute atomic E-state index is 0.00484. The minimum atomic E-state index is -0.604. The molecule has 0 fully saturated rings. The molecule has 21 heavy (non-hydrogen) atoms. The van der Waals surface area contributed by atoms with Gasteiger partial charge in [-0.05, 0) is 19.1 Å². The number of carbonyl (C=O) groups excluding carboxylic acids is 1. The highest BCUT2D eigenvalue weighted by Crippen LogP contribution is 2.33. The smallest absolute Gasteiger partial charge is 0.351 e. The molecule has 0 amide bonds. The molecule has 0 aliphatic rings. The Bertz CT molecular complexity index is 716. The van der Waals surface area contributed by atoms with Gasteiger partial charge in [0.05, 0.1) is 12.0 Å². The van der Waals surface area contributed by atoms with E-state index in [1.807, 2.05) is 0 Å². The lowest BCUT2D eigenvalue weighted by molar-refractivity contribution is -0.385. The van der Waals surface area contributed by atoms with Crippen LogP contribution in [0.15, 0.2) is 18.2 Å². The van der Waals surface area contributed by atoms with Crippen molar-refractivity contribution >= 4 is 34.6 Å². The van der Waals surface area contributed by atoms with Gasteiger partial charge in [-0.3, -0.25) is 10.1 Å². The zero-order chi connectivity index (χ0) is 15.6. The molecule has 0 unspecified atom stereocenters. The first kappa shape index (κ1) is 15.2. The molecular formula is C12H9ClN2O5S. The Morgan fingerprint density at radius 3 is 2.76 bits per heavy atom.